The van der Waals surface area contributed by atoms with Crippen molar-refractivity contribution in [2.75, 3.05) is 19.8 Å². The minimum atomic E-state index is -2.33. The first kappa shape index (κ1) is 14.6. The highest BCUT2D eigenvalue weighted by molar-refractivity contribution is 7.39. The lowest BCUT2D eigenvalue weighted by Crippen LogP contribution is -2.17. The zero-order valence-electron chi connectivity index (χ0n) is 9.45. The molecule has 5 nitrogen and oxygen atoms in total. The molecule has 0 aromatic heterocycles. The average molecular weight is 238 g/mol. The summed E-state index contributed by atoms with van der Waals surface area (Å²) in [5, 5.41) is 0. The molecule has 0 aliphatic carbocycles. The standard InChI is InChI=1S/C9H19O5P/c1-4-12-8(10)7-9(13-5-2)15(11)14-6-3/h9,15H,4-7H2,1-3H3. The quantitative estimate of drug-likeness (QED) is 0.476. The lowest BCUT2D eigenvalue weighted by Gasteiger charge is -2.15. The minimum Gasteiger partial charge on any atom is -0.466 e. The molecular formula is C9H19O5P. The summed E-state index contributed by atoms with van der Waals surface area (Å²) in [7, 11) is -2.33. The molecule has 0 heterocycles. The lowest BCUT2D eigenvalue weighted by molar-refractivity contribution is -0.145. The number of ether oxygens (including phenoxy) is 2. The van der Waals surface area contributed by atoms with Crippen molar-refractivity contribution in [2.45, 2.75) is 33.0 Å². The highest BCUT2D eigenvalue weighted by Gasteiger charge is 2.21. The van der Waals surface area contributed by atoms with E-state index in [0.717, 1.165) is 0 Å². The van der Waals surface area contributed by atoms with Gasteiger partial charge >= 0.3 is 5.97 Å². The van der Waals surface area contributed by atoms with E-state index in [1.54, 1.807) is 20.8 Å². The van der Waals surface area contributed by atoms with Crippen LogP contribution in [0.15, 0.2) is 0 Å². The van der Waals surface area contributed by atoms with E-state index < -0.39 is 19.8 Å². The van der Waals surface area contributed by atoms with Gasteiger partial charge in [-0.25, -0.2) is 0 Å². The van der Waals surface area contributed by atoms with Gasteiger partial charge in [0.15, 0.2) is 0 Å². The van der Waals surface area contributed by atoms with Gasteiger partial charge in [0.2, 0.25) is 8.03 Å². The topological polar surface area (TPSA) is 61.8 Å². The van der Waals surface area contributed by atoms with Crippen LogP contribution in [0.2, 0.25) is 0 Å². The molecule has 0 bridgehead atoms. The fourth-order valence-electron chi connectivity index (χ4n) is 1.02. The number of hydrogen-bond donors (Lipinski definition) is 0. The number of carbonyl (C=O) groups is 1. The smallest absolute Gasteiger partial charge is 0.308 e. The Morgan fingerprint density at radius 2 is 1.87 bits per heavy atom. The molecule has 0 saturated carbocycles. The Labute approximate surface area is 91.0 Å². The Hall–Kier alpha value is -0.380. The minimum absolute atomic E-state index is 0.0144. The summed E-state index contributed by atoms with van der Waals surface area (Å²) in [4.78, 5) is 11.2. The van der Waals surface area contributed by atoms with Gasteiger partial charge in [0, 0.05) is 6.61 Å². The van der Waals surface area contributed by atoms with Crippen molar-refractivity contribution >= 4 is 14.0 Å². The third-order valence-corrected chi connectivity index (χ3v) is 3.04. The van der Waals surface area contributed by atoms with Gasteiger partial charge in [-0.3, -0.25) is 9.36 Å². The summed E-state index contributed by atoms with van der Waals surface area (Å²) in [6.45, 7) is 6.30. The maximum atomic E-state index is 11.5. The van der Waals surface area contributed by atoms with Crippen LogP contribution in [-0.2, 0) is 23.4 Å². The van der Waals surface area contributed by atoms with Gasteiger partial charge in [-0.2, -0.15) is 0 Å². The van der Waals surface area contributed by atoms with Crippen LogP contribution in [0.25, 0.3) is 0 Å². The van der Waals surface area contributed by atoms with E-state index in [9.17, 15) is 9.36 Å². The molecule has 0 radical (unpaired) electrons. The number of hydrogen-bond acceptors (Lipinski definition) is 5. The van der Waals surface area contributed by atoms with Gasteiger partial charge in [0.1, 0.15) is 5.85 Å². The Morgan fingerprint density at radius 1 is 1.20 bits per heavy atom. The number of rotatable bonds is 8. The van der Waals surface area contributed by atoms with E-state index >= 15 is 0 Å². The highest BCUT2D eigenvalue weighted by atomic mass is 31.1. The third kappa shape index (κ3) is 6.66. The van der Waals surface area contributed by atoms with Gasteiger partial charge in [0.05, 0.1) is 19.6 Å². The van der Waals surface area contributed by atoms with Crippen LogP contribution in [0.1, 0.15) is 27.2 Å². The van der Waals surface area contributed by atoms with Crippen LogP contribution in [0.3, 0.4) is 0 Å². The maximum absolute atomic E-state index is 11.5. The lowest BCUT2D eigenvalue weighted by atomic mass is 10.4. The van der Waals surface area contributed by atoms with E-state index in [-0.39, 0.29) is 6.42 Å². The summed E-state index contributed by atoms with van der Waals surface area (Å²) >= 11 is 0. The molecule has 0 aromatic carbocycles. The molecule has 0 rings (SSSR count). The summed E-state index contributed by atoms with van der Waals surface area (Å²) < 4.78 is 26.4. The highest BCUT2D eigenvalue weighted by Crippen LogP contribution is 2.32. The van der Waals surface area contributed by atoms with E-state index in [1.807, 2.05) is 0 Å². The largest absolute Gasteiger partial charge is 0.466 e. The van der Waals surface area contributed by atoms with Crippen molar-refractivity contribution in [1.82, 2.24) is 0 Å². The van der Waals surface area contributed by atoms with Gasteiger partial charge in [-0.1, -0.05) is 0 Å². The Morgan fingerprint density at radius 3 is 2.33 bits per heavy atom. The molecular weight excluding hydrogens is 219 g/mol. The molecule has 0 spiro atoms. The molecule has 0 N–H and O–H groups in total. The predicted octanol–water partition coefficient (Wildman–Crippen LogP) is 1.81. The molecule has 2 atom stereocenters. The first-order chi connectivity index (χ1) is 7.15. The van der Waals surface area contributed by atoms with Crippen molar-refractivity contribution in [3.05, 3.63) is 0 Å². The van der Waals surface area contributed by atoms with Crippen LogP contribution < -0.4 is 0 Å². The molecule has 15 heavy (non-hydrogen) atoms. The van der Waals surface area contributed by atoms with E-state index in [4.69, 9.17) is 14.0 Å². The summed E-state index contributed by atoms with van der Waals surface area (Å²) in [6, 6.07) is 0. The van der Waals surface area contributed by atoms with Crippen molar-refractivity contribution in [3.63, 3.8) is 0 Å². The fourth-order valence-corrected chi connectivity index (χ4v) is 2.12. The second-order valence-corrected chi connectivity index (χ2v) is 4.28. The van der Waals surface area contributed by atoms with E-state index in [1.165, 1.54) is 0 Å². The van der Waals surface area contributed by atoms with Crippen molar-refractivity contribution in [3.8, 4) is 0 Å². The summed E-state index contributed by atoms with van der Waals surface area (Å²) in [5.74, 6) is -1.08. The van der Waals surface area contributed by atoms with Crippen molar-refractivity contribution < 1.29 is 23.4 Å². The van der Waals surface area contributed by atoms with Crippen LogP contribution in [0.5, 0.6) is 0 Å². The summed E-state index contributed by atoms with van der Waals surface area (Å²) in [6.07, 6.45) is -0.0144. The van der Waals surface area contributed by atoms with Crippen molar-refractivity contribution in [2.24, 2.45) is 0 Å². The zero-order valence-corrected chi connectivity index (χ0v) is 10.4. The van der Waals surface area contributed by atoms with Gasteiger partial charge in [0.25, 0.3) is 0 Å². The molecule has 90 valence electrons. The van der Waals surface area contributed by atoms with Gasteiger partial charge < -0.3 is 14.0 Å². The van der Waals surface area contributed by atoms with E-state index in [0.29, 0.717) is 19.8 Å². The van der Waals surface area contributed by atoms with Crippen LogP contribution in [-0.4, -0.2) is 31.6 Å². The molecule has 0 fully saturated rings. The number of carbonyl (C=O) groups excluding carboxylic acids is 1. The first-order valence-corrected chi connectivity index (χ1v) is 6.48. The Balaban J connectivity index is 4.13. The van der Waals surface area contributed by atoms with Crippen LogP contribution in [0.4, 0.5) is 0 Å². The second kappa shape index (κ2) is 8.89. The molecule has 2 unspecified atom stereocenters. The molecule has 6 heteroatoms. The molecule has 0 saturated heterocycles. The van der Waals surface area contributed by atoms with Crippen LogP contribution in [0, 0.1) is 0 Å². The average Bonchev–Trinajstić information content (AvgIpc) is 2.18. The Bertz CT molecular complexity index is 207. The van der Waals surface area contributed by atoms with Gasteiger partial charge in [-0.05, 0) is 20.8 Å². The van der Waals surface area contributed by atoms with Crippen LogP contribution >= 0.6 is 8.03 Å². The molecule has 0 amide bonds. The predicted molar refractivity (Wildman–Crippen MR) is 57.3 cm³/mol. The SMILES string of the molecule is CCOC(=O)CC(OCC)[PH](=O)OCC. The third-order valence-electron chi connectivity index (χ3n) is 1.57. The molecule has 0 aromatic rings. The van der Waals surface area contributed by atoms with Crippen molar-refractivity contribution in [1.29, 1.82) is 0 Å². The molecule has 0 aliphatic heterocycles. The second-order valence-electron chi connectivity index (χ2n) is 2.71. The first-order valence-electron chi connectivity index (χ1n) is 5.09. The monoisotopic (exact) mass is 238 g/mol. The van der Waals surface area contributed by atoms with E-state index in [2.05, 4.69) is 0 Å². The zero-order chi connectivity index (χ0) is 11.7. The van der Waals surface area contributed by atoms with Gasteiger partial charge in [-0.15, -0.1) is 0 Å². The normalized spacial score (nSPS) is 14.6. The number of esters is 1. The Kier molecular flexibility index (Phi) is 8.67. The molecule has 0 aliphatic rings. The fraction of sp³-hybridized carbons (Fsp3) is 0.889. The maximum Gasteiger partial charge on any atom is 0.308 e. The summed E-state index contributed by atoms with van der Waals surface area (Å²) in [5.41, 5.74) is 0.